The first-order chi connectivity index (χ1) is 11.8. The van der Waals surface area contributed by atoms with Crippen molar-refractivity contribution >= 4 is 11.6 Å². The van der Waals surface area contributed by atoms with E-state index in [0.29, 0.717) is 24.1 Å². The van der Waals surface area contributed by atoms with Crippen molar-refractivity contribution in [3.63, 3.8) is 0 Å². The molecule has 5 nitrogen and oxygen atoms in total. The van der Waals surface area contributed by atoms with E-state index in [1.54, 1.807) is 0 Å². The molecule has 1 aromatic carbocycles. The molecule has 0 spiro atoms. The minimum atomic E-state index is -4.66. The first-order valence-electron chi connectivity index (χ1n) is 7.73. The summed E-state index contributed by atoms with van der Waals surface area (Å²) in [5.74, 6) is -1.54. The number of anilines is 1. The van der Waals surface area contributed by atoms with Gasteiger partial charge in [0.05, 0.1) is 11.3 Å². The number of carbonyl (C=O) groups excluding carboxylic acids is 1. The maximum Gasteiger partial charge on any atom is 0.418 e. The highest BCUT2D eigenvalue weighted by Crippen LogP contribution is 2.35. The Morgan fingerprint density at radius 1 is 1.16 bits per heavy atom. The summed E-state index contributed by atoms with van der Waals surface area (Å²) in [6.45, 7) is 0. The van der Waals surface area contributed by atoms with Crippen molar-refractivity contribution in [2.24, 2.45) is 0 Å². The third-order valence-electron chi connectivity index (χ3n) is 4.19. The van der Waals surface area contributed by atoms with Gasteiger partial charge in [0.2, 0.25) is 0 Å². The lowest BCUT2D eigenvalue weighted by atomic mass is 9.93. The molecule has 1 amide bonds. The number of fused-ring (bicyclic) bond motifs is 1. The van der Waals surface area contributed by atoms with Gasteiger partial charge in [0, 0.05) is 11.3 Å². The van der Waals surface area contributed by atoms with E-state index in [2.05, 4.69) is 10.3 Å². The molecule has 25 heavy (non-hydrogen) atoms. The zero-order valence-electron chi connectivity index (χ0n) is 13.0. The number of aromatic hydroxyl groups is 1. The van der Waals surface area contributed by atoms with Gasteiger partial charge in [-0.3, -0.25) is 9.59 Å². The Kier molecular flexibility index (Phi) is 4.28. The predicted molar refractivity (Wildman–Crippen MR) is 84.8 cm³/mol. The Morgan fingerprint density at radius 2 is 1.84 bits per heavy atom. The summed E-state index contributed by atoms with van der Waals surface area (Å²) in [7, 11) is 0. The number of hydrogen-bond acceptors (Lipinski definition) is 3. The number of H-pyrrole nitrogens is 1. The SMILES string of the molecule is O=C(Nc1ccccc1C(F)(F)F)c1c(O)c2c([nH]c1=O)CCCC2. The fourth-order valence-corrected chi connectivity index (χ4v) is 3.00. The van der Waals surface area contributed by atoms with Crippen molar-refractivity contribution in [1.29, 1.82) is 0 Å². The topological polar surface area (TPSA) is 82.2 Å². The van der Waals surface area contributed by atoms with Crippen molar-refractivity contribution in [1.82, 2.24) is 4.98 Å². The molecule has 0 saturated carbocycles. The lowest BCUT2D eigenvalue weighted by molar-refractivity contribution is -0.136. The number of rotatable bonds is 2. The van der Waals surface area contributed by atoms with Crippen LogP contribution in [0.4, 0.5) is 18.9 Å². The number of hydrogen-bond donors (Lipinski definition) is 3. The van der Waals surface area contributed by atoms with E-state index >= 15 is 0 Å². The Bertz CT molecular complexity index is 888. The van der Waals surface area contributed by atoms with E-state index < -0.39 is 40.2 Å². The van der Waals surface area contributed by atoms with E-state index in [-0.39, 0.29) is 0 Å². The fourth-order valence-electron chi connectivity index (χ4n) is 3.00. The van der Waals surface area contributed by atoms with E-state index in [1.807, 2.05) is 0 Å². The summed E-state index contributed by atoms with van der Waals surface area (Å²) in [6.07, 6.45) is -1.93. The standard InChI is InChI=1S/C17H15F3N2O3/c18-17(19,20)10-6-2-4-8-12(10)22-16(25)13-14(23)9-5-1-3-7-11(9)21-15(13)24/h2,4,6,8H,1,3,5,7H2,(H,22,25)(H2,21,23,24). The number of alkyl halides is 3. The van der Waals surface area contributed by atoms with Gasteiger partial charge in [-0.15, -0.1) is 0 Å². The lowest BCUT2D eigenvalue weighted by Gasteiger charge is -2.18. The smallest absolute Gasteiger partial charge is 0.418 e. The van der Waals surface area contributed by atoms with Crippen LogP contribution < -0.4 is 10.9 Å². The predicted octanol–water partition coefficient (Wildman–Crippen LogP) is 3.23. The summed E-state index contributed by atoms with van der Waals surface area (Å²) in [6, 6.07) is 4.44. The summed E-state index contributed by atoms with van der Waals surface area (Å²) in [5, 5.41) is 12.4. The Labute approximate surface area is 140 Å². The van der Waals surface area contributed by atoms with Crippen LogP contribution in [-0.4, -0.2) is 16.0 Å². The molecular formula is C17H15F3N2O3. The summed E-state index contributed by atoms with van der Waals surface area (Å²) < 4.78 is 39.0. The number of halogens is 3. The normalized spacial score (nSPS) is 14.0. The molecule has 3 N–H and O–H groups in total. The van der Waals surface area contributed by atoms with E-state index in [0.717, 1.165) is 25.0 Å². The van der Waals surface area contributed by atoms with Crippen LogP contribution in [-0.2, 0) is 19.0 Å². The molecule has 0 radical (unpaired) electrons. The van der Waals surface area contributed by atoms with Crippen molar-refractivity contribution in [2.75, 3.05) is 5.32 Å². The largest absolute Gasteiger partial charge is 0.507 e. The van der Waals surface area contributed by atoms with Gasteiger partial charge >= 0.3 is 6.18 Å². The van der Waals surface area contributed by atoms with Crippen LogP contribution in [0.1, 0.15) is 40.0 Å². The molecule has 132 valence electrons. The van der Waals surface area contributed by atoms with Gasteiger partial charge < -0.3 is 15.4 Å². The van der Waals surface area contributed by atoms with Crippen molar-refractivity contribution in [2.45, 2.75) is 31.9 Å². The maximum atomic E-state index is 13.0. The van der Waals surface area contributed by atoms with Crippen LogP contribution in [0.5, 0.6) is 5.75 Å². The first kappa shape index (κ1) is 17.1. The van der Waals surface area contributed by atoms with Gasteiger partial charge in [-0.1, -0.05) is 12.1 Å². The molecule has 8 heteroatoms. The van der Waals surface area contributed by atoms with Crippen LogP contribution in [0.25, 0.3) is 0 Å². The van der Waals surface area contributed by atoms with Crippen LogP contribution in [0, 0.1) is 0 Å². The monoisotopic (exact) mass is 352 g/mol. The van der Waals surface area contributed by atoms with Crippen LogP contribution in [0.3, 0.4) is 0 Å². The Balaban J connectivity index is 2.00. The molecule has 0 bridgehead atoms. The maximum absolute atomic E-state index is 13.0. The van der Waals surface area contributed by atoms with Gasteiger partial charge in [0.15, 0.2) is 0 Å². The number of pyridine rings is 1. The molecule has 1 aromatic heterocycles. The fraction of sp³-hybridized carbons (Fsp3) is 0.294. The minimum absolute atomic E-state index is 0.458. The third kappa shape index (κ3) is 3.24. The second-order valence-corrected chi connectivity index (χ2v) is 5.84. The highest BCUT2D eigenvalue weighted by atomic mass is 19.4. The number of nitrogens with one attached hydrogen (secondary N) is 2. The van der Waals surface area contributed by atoms with E-state index in [1.165, 1.54) is 12.1 Å². The number of para-hydroxylation sites is 1. The zero-order chi connectivity index (χ0) is 18.2. The number of aryl methyl sites for hydroxylation is 1. The van der Waals surface area contributed by atoms with Crippen molar-refractivity contribution in [3.05, 3.63) is 57.0 Å². The van der Waals surface area contributed by atoms with Gasteiger partial charge in [-0.25, -0.2) is 0 Å². The summed E-state index contributed by atoms with van der Waals surface area (Å²) in [5.41, 5.74) is -1.85. The molecular weight excluding hydrogens is 337 g/mol. The zero-order valence-corrected chi connectivity index (χ0v) is 13.0. The number of amides is 1. The van der Waals surface area contributed by atoms with Gasteiger partial charge in [-0.05, 0) is 37.8 Å². The van der Waals surface area contributed by atoms with Crippen molar-refractivity contribution in [3.8, 4) is 5.75 Å². The van der Waals surface area contributed by atoms with Crippen LogP contribution >= 0.6 is 0 Å². The number of aromatic nitrogens is 1. The molecule has 0 atom stereocenters. The second-order valence-electron chi connectivity index (χ2n) is 5.84. The van der Waals surface area contributed by atoms with Crippen LogP contribution in [0.2, 0.25) is 0 Å². The molecule has 0 fully saturated rings. The highest BCUT2D eigenvalue weighted by Gasteiger charge is 2.34. The second kappa shape index (κ2) is 6.27. The first-order valence-corrected chi connectivity index (χ1v) is 7.73. The Hall–Kier alpha value is -2.77. The molecule has 1 aliphatic carbocycles. The van der Waals surface area contributed by atoms with E-state index in [4.69, 9.17) is 0 Å². The number of carbonyl (C=O) groups is 1. The molecule has 3 rings (SSSR count). The molecule has 0 saturated heterocycles. The summed E-state index contributed by atoms with van der Waals surface area (Å²) >= 11 is 0. The average molecular weight is 352 g/mol. The van der Waals surface area contributed by atoms with Crippen LogP contribution in [0.15, 0.2) is 29.1 Å². The molecule has 1 heterocycles. The van der Waals surface area contributed by atoms with Gasteiger partial charge in [0.25, 0.3) is 11.5 Å². The molecule has 2 aromatic rings. The third-order valence-corrected chi connectivity index (χ3v) is 4.19. The number of benzene rings is 1. The molecule has 0 unspecified atom stereocenters. The number of aromatic amines is 1. The average Bonchev–Trinajstić information content (AvgIpc) is 2.54. The minimum Gasteiger partial charge on any atom is -0.507 e. The van der Waals surface area contributed by atoms with Gasteiger partial charge in [-0.2, -0.15) is 13.2 Å². The quantitative estimate of drug-likeness (QED) is 0.776. The Morgan fingerprint density at radius 3 is 2.56 bits per heavy atom. The lowest BCUT2D eigenvalue weighted by Crippen LogP contribution is -2.27. The highest BCUT2D eigenvalue weighted by molar-refractivity contribution is 6.06. The molecule has 1 aliphatic rings. The summed E-state index contributed by atoms with van der Waals surface area (Å²) in [4.78, 5) is 27.0. The van der Waals surface area contributed by atoms with E-state index in [9.17, 15) is 27.9 Å². The molecule has 0 aliphatic heterocycles. The van der Waals surface area contributed by atoms with Crippen molar-refractivity contribution < 1.29 is 23.1 Å². The van der Waals surface area contributed by atoms with Gasteiger partial charge in [0.1, 0.15) is 11.3 Å².